The smallest absolute Gasteiger partial charge is 0.321 e. The van der Waals surface area contributed by atoms with Gasteiger partial charge in [0.15, 0.2) is 17.4 Å². The van der Waals surface area contributed by atoms with Crippen LogP contribution in [-0.4, -0.2) is 40.6 Å². The summed E-state index contributed by atoms with van der Waals surface area (Å²) < 4.78 is 63.5. The van der Waals surface area contributed by atoms with Crippen molar-refractivity contribution < 1.29 is 37.0 Å². The summed E-state index contributed by atoms with van der Waals surface area (Å²) in [5.74, 6) is -7.48. The molecule has 218 valence electrons. The Morgan fingerprint density at radius 1 is 0.905 bits per heavy atom. The molecule has 0 aliphatic rings. The molecule has 0 saturated heterocycles. The number of aromatic nitrogens is 1. The van der Waals surface area contributed by atoms with E-state index in [2.05, 4.69) is 5.32 Å². The number of carboxylic acids is 1. The van der Waals surface area contributed by atoms with Gasteiger partial charge in [-0.05, 0) is 43.1 Å². The molecule has 0 radical (unpaired) electrons. The monoisotopic (exact) mass is 583 g/mol. The molecular formula is C30H25F4N3O5. The van der Waals surface area contributed by atoms with Crippen LogP contribution in [0.2, 0.25) is 0 Å². The van der Waals surface area contributed by atoms with Crippen molar-refractivity contribution in [2.24, 2.45) is 0 Å². The quantitative estimate of drug-likeness (QED) is 0.129. The lowest BCUT2D eigenvalue weighted by molar-refractivity contribution is -0.139. The first kappa shape index (κ1) is 30.0. The summed E-state index contributed by atoms with van der Waals surface area (Å²) in [7, 11) is 0. The van der Waals surface area contributed by atoms with Crippen molar-refractivity contribution in [3.63, 3.8) is 0 Å². The fourth-order valence-electron chi connectivity index (χ4n) is 4.27. The van der Waals surface area contributed by atoms with E-state index >= 15 is 8.78 Å². The lowest BCUT2D eigenvalue weighted by atomic mass is 10.0. The van der Waals surface area contributed by atoms with Crippen molar-refractivity contribution in [2.75, 3.05) is 18.9 Å². The highest BCUT2D eigenvalue weighted by Crippen LogP contribution is 2.27. The van der Waals surface area contributed by atoms with Gasteiger partial charge in [0, 0.05) is 24.3 Å². The number of nitrogen functional groups attached to an aromatic ring is 1. The summed E-state index contributed by atoms with van der Waals surface area (Å²) in [4.78, 5) is 37.0. The Kier molecular flexibility index (Phi) is 9.38. The van der Waals surface area contributed by atoms with E-state index in [4.69, 9.17) is 10.5 Å². The van der Waals surface area contributed by atoms with Gasteiger partial charge < -0.3 is 20.9 Å². The van der Waals surface area contributed by atoms with E-state index in [9.17, 15) is 28.3 Å². The van der Waals surface area contributed by atoms with Crippen LogP contribution in [0, 0.1) is 23.3 Å². The second-order valence-corrected chi connectivity index (χ2v) is 9.23. The molecule has 0 fully saturated rings. The number of pyridine rings is 1. The molecule has 3 aromatic carbocycles. The third-order valence-electron chi connectivity index (χ3n) is 6.33. The highest BCUT2D eigenvalue weighted by molar-refractivity contribution is 6.11. The molecule has 1 aromatic heterocycles. The Hall–Kier alpha value is -4.97. The SMILES string of the molecule is Nc1c(C(=O)c2ccc(F)cc2F)ccc(=O)n1-c1c(F)cc(OCCCN[C@@H](Cc2ccccc2)C(=O)O)cc1F. The number of carbonyl (C=O) groups excluding carboxylic acids is 1. The maximum absolute atomic E-state index is 15.1. The Labute approximate surface area is 237 Å². The van der Waals surface area contributed by atoms with Gasteiger partial charge in [0.25, 0.3) is 5.56 Å². The number of nitrogens with zero attached hydrogens (tertiary/aromatic N) is 1. The third-order valence-corrected chi connectivity index (χ3v) is 6.33. The van der Waals surface area contributed by atoms with Crippen LogP contribution in [0.3, 0.4) is 0 Å². The fraction of sp³-hybridized carbons (Fsp3) is 0.167. The normalized spacial score (nSPS) is 11.7. The molecule has 4 rings (SSSR count). The molecular weight excluding hydrogens is 558 g/mol. The second kappa shape index (κ2) is 13.1. The summed E-state index contributed by atoms with van der Waals surface area (Å²) in [5.41, 5.74) is 3.96. The number of ether oxygens (including phenoxy) is 1. The first-order valence-electron chi connectivity index (χ1n) is 12.7. The van der Waals surface area contributed by atoms with Crippen LogP contribution < -0.4 is 21.3 Å². The number of hydrogen-bond acceptors (Lipinski definition) is 6. The number of carbonyl (C=O) groups is 2. The molecule has 0 amide bonds. The van der Waals surface area contributed by atoms with Crippen LogP contribution in [0.15, 0.2) is 77.6 Å². The number of halogens is 4. The zero-order valence-corrected chi connectivity index (χ0v) is 22.0. The van der Waals surface area contributed by atoms with E-state index in [1.54, 1.807) is 0 Å². The number of aliphatic carboxylic acids is 1. The maximum atomic E-state index is 15.1. The first-order valence-corrected chi connectivity index (χ1v) is 12.7. The standard InChI is InChI=1S/C30H25F4N3O5/c31-18-7-8-20(22(32)14-18)28(39)21-9-10-26(38)37(29(21)35)27-23(33)15-19(16-24(27)34)42-12-4-11-36-25(30(40)41)13-17-5-2-1-3-6-17/h1-3,5-10,14-16,25,36H,4,11-13,35H2,(H,40,41)/t25-/m0/s1. The summed E-state index contributed by atoms with van der Waals surface area (Å²) in [6.07, 6.45) is 0.573. The lowest BCUT2D eigenvalue weighted by Crippen LogP contribution is -2.39. The van der Waals surface area contributed by atoms with Crippen LogP contribution >= 0.6 is 0 Å². The van der Waals surface area contributed by atoms with E-state index < -0.39 is 69.3 Å². The molecule has 12 heteroatoms. The number of ketones is 1. The summed E-state index contributed by atoms with van der Waals surface area (Å²) in [6.45, 7) is 0.229. The number of rotatable bonds is 12. The highest BCUT2D eigenvalue weighted by atomic mass is 19.1. The van der Waals surface area contributed by atoms with Gasteiger partial charge in [-0.1, -0.05) is 30.3 Å². The van der Waals surface area contributed by atoms with Gasteiger partial charge >= 0.3 is 5.97 Å². The van der Waals surface area contributed by atoms with E-state index in [0.717, 1.165) is 42.0 Å². The molecule has 1 heterocycles. The largest absolute Gasteiger partial charge is 0.493 e. The van der Waals surface area contributed by atoms with E-state index in [1.165, 1.54) is 0 Å². The molecule has 4 aromatic rings. The maximum Gasteiger partial charge on any atom is 0.321 e. The van der Waals surface area contributed by atoms with Gasteiger partial charge in [-0.3, -0.25) is 19.0 Å². The second-order valence-electron chi connectivity index (χ2n) is 9.23. The number of hydrogen-bond donors (Lipinski definition) is 3. The minimum Gasteiger partial charge on any atom is -0.493 e. The molecule has 0 saturated carbocycles. The number of nitrogens with one attached hydrogen (secondary N) is 1. The van der Waals surface area contributed by atoms with Crippen LogP contribution in [0.4, 0.5) is 23.4 Å². The summed E-state index contributed by atoms with van der Waals surface area (Å²) in [6, 6.07) is 13.9. The fourth-order valence-corrected chi connectivity index (χ4v) is 4.27. The topological polar surface area (TPSA) is 124 Å². The molecule has 0 aliphatic heterocycles. The Morgan fingerprint density at radius 2 is 1.57 bits per heavy atom. The minimum absolute atomic E-state index is 0.0157. The van der Waals surface area contributed by atoms with Gasteiger partial charge in [-0.25, -0.2) is 17.6 Å². The van der Waals surface area contributed by atoms with Gasteiger partial charge in [0.05, 0.1) is 17.7 Å². The van der Waals surface area contributed by atoms with Crippen molar-refractivity contribution in [2.45, 2.75) is 18.9 Å². The highest BCUT2D eigenvalue weighted by Gasteiger charge is 2.23. The summed E-state index contributed by atoms with van der Waals surface area (Å²) in [5, 5.41) is 12.4. The van der Waals surface area contributed by atoms with Crippen molar-refractivity contribution in [3.8, 4) is 11.4 Å². The Bertz CT molecular complexity index is 1650. The molecule has 0 aliphatic carbocycles. The number of nitrogens with two attached hydrogens (primary N) is 1. The lowest BCUT2D eigenvalue weighted by Gasteiger charge is -2.16. The minimum atomic E-state index is -1.23. The Morgan fingerprint density at radius 3 is 2.21 bits per heavy atom. The predicted octanol–water partition coefficient (Wildman–Crippen LogP) is 4.26. The van der Waals surface area contributed by atoms with Crippen LogP contribution in [0.5, 0.6) is 5.75 Å². The molecule has 4 N–H and O–H groups in total. The van der Waals surface area contributed by atoms with Gasteiger partial charge in [0.1, 0.15) is 34.9 Å². The number of carboxylic acid groups (broad SMARTS) is 1. The average Bonchev–Trinajstić information content (AvgIpc) is 2.93. The van der Waals surface area contributed by atoms with Crippen LogP contribution in [-0.2, 0) is 11.2 Å². The van der Waals surface area contributed by atoms with Crippen molar-refractivity contribution in [1.29, 1.82) is 0 Å². The van der Waals surface area contributed by atoms with Crippen molar-refractivity contribution in [3.05, 3.63) is 123 Å². The van der Waals surface area contributed by atoms with Crippen molar-refractivity contribution in [1.82, 2.24) is 9.88 Å². The number of anilines is 1. The molecule has 8 nitrogen and oxygen atoms in total. The zero-order valence-electron chi connectivity index (χ0n) is 22.0. The molecule has 42 heavy (non-hydrogen) atoms. The molecule has 0 unspecified atom stereocenters. The van der Waals surface area contributed by atoms with Gasteiger partial charge in [-0.2, -0.15) is 0 Å². The summed E-state index contributed by atoms with van der Waals surface area (Å²) >= 11 is 0. The van der Waals surface area contributed by atoms with Gasteiger partial charge in [-0.15, -0.1) is 0 Å². The van der Waals surface area contributed by atoms with Gasteiger partial charge in [0.2, 0.25) is 0 Å². The van der Waals surface area contributed by atoms with E-state index in [1.807, 2.05) is 30.3 Å². The van der Waals surface area contributed by atoms with E-state index in [-0.39, 0.29) is 25.3 Å². The average molecular weight is 584 g/mol. The van der Waals surface area contributed by atoms with E-state index in [0.29, 0.717) is 17.1 Å². The predicted molar refractivity (Wildman–Crippen MR) is 146 cm³/mol. The first-order chi connectivity index (χ1) is 20.1. The zero-order chi connectivity index (χ0) is 30.4. The molecule has 0 spiro atoms. The van der Waals surface area contributed by atoms with Crippen LogP contribution in [0.25, 0.3) is 5.69 Å². The van der Waals surface area contributed by atoms with Crippen LogP contribution in [0.1, 0.15) is 27.9 Å². The molecule has 1 atom stereocenters. The number of benzene rings is 3. The molecule has 0 bridgehead atoms. The Balaban J connectivity index is 1.46. The van der Waals surface area contributed by atoms with Crippen molar-refractivity contribution >= 4 is 17.6 Å². The third kappa shape index (κ3) is 6.84.